The van der Waals surface area contributed by atoms with Gasteiger partial charge in [0.2, 0.25) is 0 Å². The number of hydrogen-bond donors (Lipinski definition) is 0. The maximum Gasteiger partial charge on any atom is 0.419 e. The number of alkyl halides is 3. The van der Waals surface area contributed by atoms with Crippen molar-refractivity contribution in [1.82, 2.24) is 4.90 Å². The van der Waals surface area contributed by atoms with Crippen molar-refractivity contribution in [3.8, 4) is 0 Å². The summed E-state index contributed by atoms with van der Waals surface area (Å²) in [5.74, 6) is -2.36. The summed E-state index contributed by atoms with van der Waals surface area (Å²) in [5.41, 5.74) is -1.69. The van der Waals surface area contributed by atoms with Crippen LogP contribution in [-0.2, 0) is 11.0 Å². The van der Waals surface area contributed by atoms with E-state index in [9.17, 15) is 27.2 Å². The number of ketones is 1. The Kier molecular flexibility index (Phi) is 4.02. The van der Waals surface area contributed by atoms with Crippen molar-refractivity contribution in [2.45, 2.75) is 19.5 Å². The van der Waals surface area contributed by atoms with Crippen molar-refractivity contribution in [2.24, 2.45) is 5.92 Å². The van der Waals surface area contributed by atoms with E-state index in [1.54, 1.807) is 6.92 Å². The van der Waals surface area contributed by atoms with E-state index >= 15 is 0 Å². The minimum atomic E-state index is -4.86. The number of piperidine rings is 1. The van der Waals surface area contributed by atoms with Crippen LogP contribution in [0.4, 0.5) is 17.6 Å². The third-order valence-corrected chi connectivity index (χ3v) is 3.48. The molecule has 114 valence electrons. The highest BCUT2D eigenvalue weighted by molar-refractivity contribution is 5.96. The molecule has 0 saturated carbocycles. The van der Waals surface area contributed by atoms with Gasteiger partial charge in [0, 0.05) is 31.0 Å². The van der Waals surface area contributed by atoms with Gasteiger partial charge in [0.05, 0.1) is 5.56 Å². The van der Waals surface area contributed by atoms with Gasteiger partial charge in [0.1, 0.15) is 11.6 Å². The molecule has 0 spiro atoms. The van der Waals surface area contributed by atoms with E-state index in [-0.39, 0.29) is 36.8 Å². The van der Waals surface area contributed by atoms with Gasteiger partial charge in [-0.3, -0.25) is 9.59 Å². The zero-order valence-corrected chi connectivity index (χ0v) is 11.2. The molecule has 0 aromatic heterocycles. The average Bonchev–Trinajstić information content (AvgIpc) is 2.40. The summed E-state index contributed by atoms with van der Waals surface area (Å²) >= 11 is 0. The van der Waals surface area contributed by atoms with Crippen molar-refractivity contribution in [2.75, 3.05) is 13.1 Å². The monoisotopic (exact) mass is 303 g/mol. The summed E-state index contributed by atoms with van der Waals surface area (Å²) in [5, 5.41) is 0. The Labute approximate surface area is 118 Å². The first-order valence-corrected chi connectivity index (χ1v) is 6.39. The molecule has 0 N–H and O–H groups in total. The highest BCUT2D eigenvalue weighted by Gasteiger charge is 2.35. The van der Waals surface area contributed by atoms with Crippen LogP contribution >= 0.6 is 0 Å². The largest absolute Gasteiger partial charge is 0.419 e. The second-order valence-corrected chi connectivity index (χ2v) is 5.06. The highest BCUT2D eigenvalue weighted by Crippen LogP contribution is 2.32. The number of hydrogen-bond acceptors (Lipinski definition) is 2. The van der Waals surface area contributed by atoms with Gasteiger partial charge >= 0.3 is 6.18 Å². The molecule has 1 aliphatic rings. The predicted molar refractivity (Wildman–Crippen MR) is 66.1 cm³/mol. The minimum Gasteiger partial charge on any atom is -0.337 e. The number of nitrogens with zero attached hydrogens (tertiary/aromatic N) is 1. The average molecular weight is 303 g/mol. The zero-order valence-electron chi connectivity index (χ0n) is 11.2. The molecule has 1 saturated heterocycles. The van der Waals surface area contributed by atoms with Gasteiger partial charge in [-0.05, 0) is 18.2 Å². The van der Waals surface area contributed by atoms with E-state index in [1.165, 1.54) is 4.90 Å². The molecule has 21 heavy (non-hydrogen) atoms. The molecule has 1 aromatic carbocycles. The van der Waals surface area contributed by atoms with Crippen LogP contribution in [0.3, 0.4) is 0 Å². The van der Waals surface area contributed by atoms with Gasteiger partial charge in [-0.15, -0.1) is 0 Å². The number of likely N-dealkylation sites (tertiary alicyclic amines) is 1. The van der Waals surface area contributed by atoms with Crippen LogP contribution in [0.5, 0.6) is 0 Å². The van der Waals surface area contributed by atoms with Crippen molar-refractivity contribution >= 4 is 11.7 Å². The summed E-state index contributed by atoms with van der Waals surface area (Å²) in [7, 11) is 0. The Hall–Kier alpha value is -1.92. The second-order valence-electron chi connectivity index (χ2n) is 5.06. The predicted octanol–water partition coefficient (Wildman–Crippen LogP) is 2.90. The van der Waals surface area contributed by atoms with Crippen LogP contribution in [0.25, 0.3) is 0 Å². The standard InChI is InChI=1S/C14H13F4NO2/c1-8-7-19(5-4-12(8)20)13(21)9-2-3-11(15)10(6-9)14(16,17)18/h2-3,6,8H,4-5,7H2,1H3. The number of halogens is 4. The summed E-state index contributed by atoms with van der Waals surface area (Å²) < 4.78 is 51.1. The Morgan fingerprint density at radius 3 is 2.57 bits per heavy atom. The van der Waals surface area contributed by atoms with Gasteiger partial charge in [-0.1, -0.05) is 6.92 Å². The molecular weight excluding hydrogens is 290 g/mol. The van der Waals surface area contributed by atoms with Gasteiger partial charge in [0.15, 0.2) is 0 Å². The van der Waals surface area contributed by atoms with Gasteiger partial charge in [0.25, 0.3) is 5.91 Å². The molecule has 1 aromatic rings. The summed E-state index contributed by atoms with van der Waals surface area (Å²) in [6.45, 7) is 1.99. The molecule has 1 amide bonds. The molecule has 0 radical (unpaired) electrons. The first kappa shape index (κ1) is 15.5. The highest BCUT2D eigenvalue weighted by atomic mass is 19.4. The number of Topliss-reactive ketones (excluding diaryl/α,β-unsaturated/α-hetero) is 1. The quantitative estimate of drug-likeness (QED) is 0.748. The molecule has 3 nitrogen and oxygen atoms in total. The molecule has 1 fully saturated rings. The fraction of sp³-hybridized carbons (Fsp3) is 0.429. The Morgan fingerprint density at radius 1 is 1.33 bits per heavy atom. The number of rotatable bonds is 1. The molecule has 1 atom stereocenters. The van der Waals surface area contributed by atoms with E-state index in [0.717, 1.165) is 6.07 Å². The summed E-state index contributed by atoms with van der Waals surface area (Å²) in [4.78, 5) is 24.9. The summed E-state index contributed by atoms with van der Waals surface area (Å²) in [6, 6.07) is 2.17. The molecule has 1 unspecified atom stereocenters. The van der Waals surface area contributed by atoms with E-state index in [0.29, 0.717) is 12.1 Å². The fourth-order valence-corrected chi connectivity index (χ4v) is 2.26. The van der Waals surface area contributed by atoms with Crippen LogP contribution < -0.4 is 0 Å². The topological polar surface area (TPSA) is 37.4 Å². The summed E-state index contributed by atoms with van der Waals surface area (Å²) in [6.07, 6.45) is -4.67. The van der Waals surface area contributed by atoms with Gasteiger partial charge in [-0.25, -0.2) is 4.39 Å². The van der Waals surface area contributed by atoms with Crippen LogP contribution in [0.1, 0.15) is 29.3 Å². The zero-order chi connectivity index (χ0) is 15.8. The number of carbonyl (C=O) groups excluding carboxylic acids is 2. The number of benzene rings is 1. The molecule has 2 rings (SSSR count). The molecular formula is C14H13F4NO2. The number of carbonyl (C=O) groups is 2. The lowest BCUT2D eigenvalue weighted by atomic mass is 9.97. The third-order valence-electron chi connectivity index (χ3n) is 3.48. The lowest BCUT2D eigenvalue weighted by Gasteiger charge is -2.30. The molecule has 0 aliphatic carbocycles. The number of amides is 1. The Morgan fingerprint density at radius 2 is 2.00 bits per heavy atom. The molecule has 1 aliphatic heterocycles. The fourth-order valence-electron chi connectivity index (χ4n) is 2.26. The van der Waals surface area contributed by atoms with Crippen molar-refractivity contribution < 1.29 is 27.2 Å². The van der Waals surface area contributed by atoms with Crippen molar-refractivity contribution in [1.29, 1.82) is 0 Å². The SMILES string of the molecule is CC1CN(C(=O)c2ccc(F)c(C(F)(F)F)c2)CCC1=O. The van der Waals surface area contributed by atoms with Crippen LogP contribution in [-0.4, -0.2) is 29.7 Å². The maximum atomic E-state index is 13.2. The molecule has 1 heterocycles. The van der Waals surface area contributed by atoms with E-state index in [2.05, 4.69) is 0 Å². The first-order valence-electron chi connectivity index (χ1n) is 6.39. The van der Waals surface area contributed by atoms with Gasteiger partial charge in [-0.2, -0.15) is 13.2 Å². The van der Waals surface area contributed by atoms with Gasteiger partial charge < -0.3 is 4.90 Å². The first-order chi connectivity index (χ1) is 9.70. The third kappa shape index (κ3) is 3.22. The normalized spacial score (nSPS) is 19.8. The minimum absolute atomic E-state index is 0.0223. The van der Waals surface area contributed by atoms with Crippen LogP contribution in [0.2, 0.25) is 0 Å². The van der Waals surface area contributed by atoms with E-state index < -0.39 is 23.5 Å². The van der Waals surface area contributed by atoms with E-state index in [4.69, 9.17) is 0 Å². The van der Waals surface area contributed by atoms with Crippen molar-refractivity contribution in [3.63, 3.8) is 0 Å². The second kappa shape index (κ2) is 5.46. The molecule has 0 bridgehead atoms. The maximum absolute atomic E-state index is 13.2. The smallest absolute Gasteiger partial charge is 0.337 e. The van der Waals surface area contributed by atoms with Crippen molar-refractivity contribution in [3.05, 3.63) is 35.1 Å². The Balaban J connectivity index is 2.26. The van der Waals surface area contributed by atoms with E-state index in [1.807, 2.05) is 0 Å². The lowest BCUT2D eigenvalue weighted by Crippen LogP contribution is -2.43. The Bertz CT molecular complexity index is 583. The molecule has 7 heteroatoms. The van der Waals surface area contributed by atoms with Crippen LogP contribution in [0, 0.1) is 11.7 Å². The lowest BCUT2D eigenvalue weighted by molar-refractivity contribution is -0.140. The van der Waals surface area contributed by atoms with Crippen LogP contribution in [0.15, 0.2) is 18.2 Å².